The lowest BCUT2D eigenvalue weighted by molar-refractivity contribution is -0.139. The summed E-state index contributed by atoms with van der Waals surface area (Å²) in [6, 6.07) is 13.9. The third-order valence-corrected chi connectivity index (χ3v) is 12.5. The fourth-order valence-electron chi connectivity index (χ4n) is 8.36. The van der Waals surface area contributed by atoms with Crippen LogP contribution >= 0.6 is 11.3 Å². The van der Waals surface area contributed by atoms with Gasteiger partial charge < -0.3 is 15.1 Å². The van der Waals surface area contributed by atoms with Gasteiger partial charge in [-0.15, -0.1) is 10.2 Å². The quantitative estimate of drug-likeness (QED) is 0.181. The molecule has 0 spiro atoms. The Balaban J connectivity index is 0.856. The summed E-state index contributed by atoms with van der Waals surface area (Å²) in [6.07, 6.45) is 11.3. The van der Waals surface area contributed by atoms with Gasteiger partial charge in [0.05, 0.1) is 40.1 Å². The summed E-state index contributed by atoms with van der Waals surface area (Å²) in [6.45, 7) is 4.29. The molecule has 0 aromatic carbocycles. The largest absolute Gasteiger partial charge is 0.387 e. The minimum atomic E-state index is -0.348. The third-order valence-electron chi connectivity index (χ3n) is 11.4. The van der Waals surface area contributed by atoms with Gasteiger partial charge in [-0.3, -0.25) is 24.7 Å². The average Bonchev–Trinajstić information content (AvgIpc) is 3.89. The number of nitriles is 1. The van der Waals surface area contributed by atoms with E-state index in [2.05, 4.69) is 53.7 Å². The van der Waals surface area contributed by atoms with Crippen LogP contribution < -0.4 is 15.5 Å². The second-order valence-corrected chi connectivity index (χ2v) is 15.6. The number of hydrogen-bond acceptors (Lipinski definition) is 12. The Bertz CT molecular complexity index is 2260. The van der Waals surface area contributed by atoms with E-state index in [-0.39, 0.29) is 35.6 Å². The van der Waals surface area contributed by atoms with E-state index in [0.717, 1.165) is 101 Å². The molecule has 3 amide bonds. The maximum Gasteiger partial charge on any atom is 0.234 e. The zero-order valence-corrected chi connectivity index (χ0v) is 31.8. The van der Waals surface area contributed by atoms with Crippen LogP contribution in [0.2, 0.25) is 0 Å². The Morgan fingerprint density at radius 2 is 1.82 bits per heavy atom. The molecule has 2 N–H and O–H groups in total. The maximum absolute atomic E-state index is 13.9. The molecule has 5 aromatic rings. The number of carbonyl (C=O) groups excluding carboxylic acids is 3. The van der Waals surface area contributed by atoms with Gasteiger partial charge in [-0.05, 0) is 87.8 Å². The molecule has 15 heteroatoms. The van der Waals surface area contributed by atoms with Crippen molar-refractivity contribution in [2.24, 2.45) is 5.92 Å². The number of fused-ring (bicyclic) bond motifs is 1. The highest BCUT2D eigenvalue weighted by molar-refractivity contribution is 7.14. The number of carbonyl (C=O) groups is 3. The van der Waals surface area contributed by atoms with Crippen LogP contribution in [0.4, 0.5) is 11.5 Å². The van der Waals surface area contributed by atoms with Gasteiger partial charge >= 0.3 is 0 Å². The molecule has 7 heterocycles. The Hall–Kier alpha value is -5.75. The van der Waals surface area contributed by atoms with Crippen molar-refractivity contribution in [3.63, 3.8) is 0 Å². The van der Waals surface area contributed by atoms with Crippen LogP contribution in [-0.2, 0) is 14.4 Å². The van der Waals surface area contributed by atoms with Crippen LogP contribution in [0.15, 0.2) is 55.0 Å². The summed E-state index contributed by atoms with van der Waals surface area (Å²) < 4.78 is 1.78. The number of pyridine rings is 2. The standard InChI is InChI=1S/C40H43N11O3S/c1-3-50(40(54)26-14-16-49(17-15-26)35-12-6-27(22-44-35)30-10-13-36(52)46-37(30)53)28-7-4-25(5-8-28)38-47-48-39(55-38)31-23-43-33(19-32(31)42-2)34-11-9-29-18-24(20-41)21-45-51(29)34/h6,9,11-12,18-19,21-23,25-26,28,30H,3-5,7-8,10,13-17H2,1-2H3,(H,42,43)(H,46,52,53)/t25?,28?,30-/m1/s1. The van der Waals surface area contributed by atoms with Crippen LogP contribution in [0.3, 0.4) is 0 Å². The van der Waals surface area contributed by atoms with Gasteiger partial charge in [-0.25, -0.2) is 9.50 Å². The Morgan fingerprint density at radius 1 is 1.00 bits per heavy atom. The van der Waals surface area contributed by atoms with Crippen LogP contribution in [0, 0.1) is 17.2 Å². The summed E-state index contributed by atoms with van der Waals surface area (Å²) >= 11 is 1.61. The SMILES string of the molecule is CCN(C(=O)C1CCN(c2ccc([C@H]3CCC(=O)NC3=O)cn2)CC1)C1CCC(c2nnc(-c3cnc(-c4ccc5cc(C#N)cnn45)cc3NC)s2)CC1. The van der Waals surface area contributed by atoms with Crippen molar-refractivity contribution in [2.45, 2.75) is 76.2 Å². The fraction of sp³-hybridized carbons (Fsp3) is 0.425. The monoisotopic (exact) mass is 757 g/mol. The van der Waals surface area contributed by atoms with Gasteiger partial charge in [-0.2, -0.15) is 10.4 Å². The van der Waals surface area contributed by atoms with Gasteiger partial charge in [0, 0.05) is 69.1 Å². The highest BCUT2D eigenvalue weighted by Crippen LogP contribution is 2.40. The van der Waals surface area contributed by atoms with Crippen molar-refractivity contribution in [1.29, 1.82) is 5.26 Å². The number of hydrogen-bond donors (Lipinski definition) is 2. The van der Waals surface area contributed by atoms with E-state index in [1.54, 1.807) is 34.3 Å². The van der Waals surface area contributed by atoms with E-state index < -0.39 is 0 Å². The molecule has 1 saturated carbocycles. The lowest BCUT2D eigenvalue weighted by Crippen LogP contribution is -2.47. The fourth-order valence-corrected chi connectivity index (χ4v) is 9.39. The average molecular weight is 758 g/mol. The van der Waals surface area contributed by atoms with Gasteiger partial charge in [0.25, 0.3) is 0 Å². The molecule has 2 aliphatic heterocycles. The van der Waals surface area contributed by atoms with E-state index in [9.17, 15) is 19.6 Å². The summed E-state index contributed by atoms with van der Waals surface area (Å²) in [5, 5.41) is 30.5. The van der Waals surface area contributed by atoms with Crippen LogP contribution in [0.5, 0.6) is 0 Å². The van der Waals surface area contributed by atoms with Crippen LogP contribution in [0.25, 0.3) is 27.5 Å². The van der Waals surface area contributed by atoms with Gasteiger partial charge in [-0.1, -0.05) is 17.4 Å². The Labute approximate surface area is 323 Å². The normalized spacial score (nSPS) is 20.6. The molecule has 55 heavy (non-hydrogen) atoms. The first-order valence-electron chi connectivity index (χ1n) is 19.1. The van der Waals surface area contributed by atoms with Crippen molar-refractivity contribution in [1.82, 2.24) is 40.0 Å². The zero-order chi connectivity index (χ0) is 38.1. The molecule has 0 radical (unpaired) electrons. The molecule has 8 rings (SSSR count). The molecule has 1 aliphatic carbocycles. The molecule has 1 atom stereocenters. The molecule has 3 fully saturated rings. The third kappa shape index (κ3) is 7.26. The van der Waals surface area contributed by atoms with Crippen molar-refractivity contribution < 1.29 is 14.4 Å². The Morgan fingerprint density at radius 3 is 2.53 bits per heavy atom. The van der Waals surface area contributed by atoms with Crippen molar-refractivity contribution in [2.75, 3.05) is 36.9 Å². The molecule has 0 bridgehead atoms. The number of aromatic nitrogens is 6. The van der Waals surface area contributed by atoms with Gasteiger partial charge in [0.1, 0.15) is 16.9 Å². The van der Waals surface area contributed by atoms with Crippen LogP contribution in [0.1, 0.15) is 86.3 Å². The number of rotatable bonds is 9. The molecule has 3 aliphatic rings. The first kappa shape index (κ1) is 36.2. The number of imide groups is 1. The van der Waals surface area contributed by atoms with Gasteiger partial charge in [0.15, 0.2) is 5.01 Å². The van der Waals surface area contributed by atoms with E-state index >= 15 is 0 Å². The van der Waals surface area contributed by atoms with E-state index in [1.165, 1.54) is 0 Å². The highest BCUT2D eigenvalue weighted by Gasteiger charge is 2.35. The number of nitrogens with one attached hydrogen (secondary N) is 2. The van der Waals surface area contributed by atoms with E-state index in [1.807, 2.05) is 43.6 Å². The Kier molecular flexibility index (Phi) is 10.2. The summed E-state index contributed by atoms with van der Waals surface area (Å²) in [4.78, 5) is 51.5. The second-order valence-electron chi connectivity index (χ2n) is 14.6. The first-order chi connectivity index (χ1) is 26.8. The highest BCUT2D eigenvalue weighted by atomic mass is 32.1. The molecule has 2 saturated heterocycles. The van der Waals surface area contributed by atoms with Crippen LogP contribution in [-0.4, -0.2) is 85.1 Å². The molecule has 0 unspecified atom stereocenters. The summed E-state index contributed by atoms with van der Waals surface area (Å²) in [7, 11) is 1.88. The number of piperidine rings is 2. The summed E-state index contributed by atoms with van der Waals surface area (Å²) in [5.74, 6) is 0.579. The van der Waals surface area contributed by atoms with E-state index in [0.29, 0.717) is 30.9 Å². The predicted molar refractivity (Wildman–Crippen MR) is 208 cm³/mol. The number of nitrogens with zero attached hydrogens (tertiary/aromatic N) is 9. The number of amides is 3. The smallest absolute Gasteiger partial charge is 0.234 e. The van der Waals surface area contributed by atoms with Crippen molar-refractivity contribution >= 4 is 46.1 Å². The predicted octanol–water partition coefficient (Wildman–Crippen LogP) is 5.53. The van der Waals surface area contributed by atoms with Crippen molar-refractivity contribution in [3.05, 3.63) is 71.1 Å². The molecule has 14 nitrogen and oxygen atoms in total. The molecule has 5 aromatic heterocycles. The lowest BCUT2D eigenvalue weighted by Gasteiger charge is -2.40. The molecule has 282 valence electrons. The lowest BCUT2D eigenvalue weighted by atomic mass is 9.84. The number of anilines is 2. The minimum absolute atomic E-state index is 0.00660. The van der Waals surface area contributed by atoms with E-state index in [4.69, 9.17) is 4.98 Å². The summed E-state index contributed by atoms with van der Waals surface area (Å²) in [5.41, 5.74) is 5.52. The maximum atomic E-state index is 13.9. The van der Waals surface area contributed by atoms with Crippen molar-refractivity contribution in [3.8, 4) is 28.0 Å². The second kappa shape index (κ2) is 15.5. The molecular weight excluding hydrogens is 715 g/mol. The minimum Gasteiger partial charge on any atom is -0.387 e. The zero-order valence-electron chi connectivity index (χ0n) is 30.9. The molecular formula is C40H43N11O3S. The first-order valence-corrected chi connectivity index (χ1v) is 19.9. The topological polar surface area (TPSA) is 174 Å². The van der Waals surface area contributed by atoms with Gasteiger partial charge in [0.2, 0.25) is 17.7 Å².